The average Bonchev–Trinajstić information content (AvgIpc) is 3.42. The van der Waals surface area contributed by atoms with Crippen LogP contribution >= 0.6 is 11.6 Å². The number of likely N-dealkylation sites (N-methyl/N-ethyl adjacent to an activating group) is 1. The zero-order valence-corrected chi connectivity index (χ0v) is 24.5. The summed E-state index contributed by atoms with van der Waals surface area (Å²) in [4.78, 5) is 23.3. The Balaban J connectivity index is 1.40. The number of carbonyl (C=O) groups excluding carboxylic acids is 1. The monoisotopic (exact) mass is 599 g/mol. The van der Waals surface area contributed by atoms with E-state index in [0.717, 1.165) is 22.3 Å². The summed E-state index contributed by atoms with van der Waals surface area (Å²) in [5.41, 5.74) is 4.28. The van der Waals surface area contributed by atoms with Crippen molar-refractivity contribution in [3.63, 3.8) is 0 Å². The van der Waals surface area contributed by atoms with E-state index in [0.29, 0.717) is 34.2 Å². The van der Waals surface area contributed by atoms with Crippen molar-refractivity contribution in [2.75, 3.05) is 37.9 Å². The molecule has 10 heteroatoms. The maximum Gasteiger partial charge on any atom is 0.248 e. The van der Waals surface area contributed by atoms with Crippen molar-refractivity contribution >= 4 is 40.1 Å². The summed E-state index contributed by atoms with van der Waals surface area (Å²) in [6.45, 7) is 1.17. The molecule has 2 N–H and O–H groups in total. The van der Waals surface area contributed by atoms with Gasteiger partial charge in [0.2, 0.25) is 11.6 Å². The molecule has 0 saturated heterocycles. The average molecular weight is 600 g/mol. The van der Waals surface area contributed by atoms with Crippen molar-refractivity contribution in [3.8, 4) is 11.1 Å². The number of furan rings is 1. The number of fused-ring (bicyclic) bond motifs is 1. The number of amides is 1. The lowest BCUT2D eigenvalue weighted by Crippen LogP contribution is -2.18. The molecule has 5 aromatic rings. The third kappa shape index (κ3) is 8.04. The number of hydrogen-bond donors (Lipinski definition) is 2. The maximum atomic E-state index is 13.7. The molecule has 0 unspecified atom stereocenters. The summed E-state index contributed by atoms with van der Waals surface area (Å²) < 4.78 is 25.5. The number of ether oxygens (including phenoxy) is 1. The van der Waals surface area contributed by atoms with Crippen LogP contribution in [0.2, 0.25) is 5.02 Å². The molecule has 3 aromatic carbocycles. The smallest absolute Gasteiger partial charge is 0.248 e. The first-order chi connectivity index (χ1) is 20.9. The number of aromatic nitrogens is 2. The highest BCUT2D eigenvalue weighted by molar-refractivity contribution is 6.30. The number of nitrogens with one attached hydrogen (secondary N) is 2. The van der Waals surface area contributed by atoms with Gasteiger partial charge in [-0.25, -0.2) is 14.4 Å². The van der Waals surface area contributed by atoms with Gasteiger partial charge in [-0.3, -0.25) is 4.79 Å². The Hall–Kier alpha value is -4.57. The second-order valence-electron chi connectivity index (χ2n) is 10.2. The Labute approximate surface area is 254 Å². The summed E-state index contributed by atoms with van der Waals surface area (Å²) in [6.07, 6.45) is 6.38. The van der Waals surface area contributed by atoms with Gasteiger partial charge in [0.1, 0.15) is 24.2 Å². The minimum absolute atomic E-state index is 0.217. The lowest BCUT2D eigenvalue weighted by molar-refractivity contribution is -0.111. The maximum absolute atomic E-state index is 13.7. The zero-order valence-electron chi connectivity index (χ0n) is 23.8. The second kappa shape index (κ2) is 14.1. The number of rotatable bonds is 12. The first-order valence-electron chi connectivity index (χ1n) is 13.6. The molecular formula is C33H31ClFN5O3. The molecule has 0 fully saturated rings. The highest BCUT2D eigenvalue weighted by atomic mass is 35.5. The first kappa shape index (κ1) is 29.9. The number of benzene rings is 3. The van der Waals surface area contributed by atoms with Crippen LogP contribution in [0.1, 0.15) is 17.2 Å². The molecule has 2 aromatic heterocycles. The minimum Gasteiger partial charge on any atom is -0.445 e. The van der Waals surface area contributed by atoms with E-state index >= 15 is 0 Å². The summed E-state index contributed by atoms with van der Waals surface area (Å²) in [5.74, 6) is 0.0173. The van der Waals surface area contributed by atoms with Gasteiger partial charge >= 0.3 is 0 Å². The van der Waals surface area contributed by atoms with Gasteiger partial charge in [-0.2, -0.15) is 0 Å². The van der Waals surface area contributed by atoms with Crippen LogP contribution in [0.5, 0.6) is 0 Å². The second-order valence-corrected chi connectivity index (χ2v) is 10.6. The fraction of sp³-hybridized carbons (Fsp3) is 0.182. The normalized spacial score (nSPS) is 12.2. The highest BCUT2D eigenvalue weighted by Crippen LogP contribution is 2.36. The van der Waals surface area contributed by atoms with E-state index in [-0.39, 0.29) is 31.0 Å². The molecule has 2 heterocycles. The number of halogens is 2. The van der Waals surface area contributed by atoms with Crippen LogP contribution < -0.4 is 10.6 Å². The van der Waals surface area contributed by atoms with Crippen LogP contribution in [0.25, 0.3) is 22.2 Å². The number of anilines is 2. The zero-order chi connectivity index (χ0) is 30.2. The molecule has 0 spiro atoms. The fourth-order valence-electron chi connectivity index (χ4n) is 4.52. The van der Waals surface area contributed by atoms with Gasteiger partial charge in [0, 0.05) is 28.9 Å². The highest BCUT2D eigenvalue weighted by Gasteiger charge is 2.20. The van der Waals surface area contributed by atoms with Crippen LogP contribution in [0, 0.1) is 5.82 Å². The summed E-state index contributed by atoms with van der Waals surface area (Å²) in [5, 5.41) is 7.70. The lowest BCUT2D eigenvalue weighted by atomic mass is 10.0. The van der Waals surface area contributed by atoms with Gasteiger partial charge < -0.3 is 24.7 Å². The number of hydrogen-bond acceptors (Lipinski definition) is 7. The van der Waals surface area contributed by atoms with Gasteiger partial charge in [0.05, 0.1) is 24.6 Å². The molecule has 8 nitrogen and oxygen atoms in total. The Morgan fingerprint density at radius 3 is 2.70 bits per heavy atom. The molecular weight excluding hydrogens is 569 g/mol. The number of nitrogens with zero attached hydrogens (tertiary/aromatic N) is 3. The minimum atomic E-state index is -0.328. The van der Waals surface area contributed by atoms with Crippen LogP contribution in [0.3, 0.4) is 0 Å². The van der Waals surface area contributed by atoms with Gasteiger partial charge in [0.15, 0.2) is 0 Å². The molecule has 0 radical (unpaired) electrons. The first-order valence-corrected chi connectivity index (χ1v) is 14.0. The van der Waals surface area contributed by atoms with Crippen molar-refractivity contribution in [1.82, 2.24) is 14.9 Å². The molecule has 1 atom stereocenters. The van der Waals surface area contributed by atoms with Crippen molar-refractivity contribution in [2.24, 2.45) is 0 Å². The molecule has 5 rings (SSSR count). The van der Waals surface area contributed by atoms with Gasteiger partial charge in [-0.05, 0) is 67.2 Å². The van der Waals surface area contributed by atoms with Crippen LogP contribution in [-0.2, 0) is 16.1 Å². The fourth-order valence-corrected chi connectivity index (χ4v) is 4.64. The van der Waals surface area contributed by atoms with Gasteiger partial charge in [-0.15, -0.1) is 0 Å². The van der Waals surface area contributed by atoms with E-state index in [1.807, 2.05) is 73.6 Å². The third-order valence-electron chi connectivity index (χ3n) is 6.58. The molecule has 0 saturated carbocycles. The standard InChI is InChI=1S/C33H31ClFN5O3/c1-40(2)15-5-10-30(41)38-27-9-4-7-24(17-27)28-19-43-33-31(28)32(36-21-37-33)39-29(23-11-13-25(34)14-12-23)20-42-18-22-6-3-8-26(35)16-22/h3-14,16-17,19,21,29H,15,18,20H2,1-2H3,(H,38,41)(H,36,37,39)/b10-5+/t29-/m1/s1. The van der Waals surface area contributed by atoms with E-state index in [4.69, 9.17) is 20.8 Å². The summed E-state index contributed by atoms with van der Waals surface area (Å²) >= 11 is 6.16. The van der Waals surface area contributed by atoms with Crippen LogP contribution in [0.15, 0.2) is 102 Å². The largest absolute Gasteiger partial charge is 0.445 e. The van der Waals surface area contributed by atoms with Gasteiger partial charge in [-0.1, -0.05) is 54.1 Å². The molecule has 0 aliphatic heterocycles. The lowest BCUT2D eigenvalue weighted by Gasteiger charge is -2.21. The quantitative estimate of drug-likeness (QED) is 0.148. The predicted octanol–water partition coefficient (Wildman–Crippen LogP) is 7.11. The molecule has 0 aliphatic carbocycles. The van der Waals surface area contributed by atoms with Crippen LogP contribution in [0.4, 0.5) is 15.9 Å². The molecule has 0 aliphatic rings. The molecule has 220 valence electrons. The number of carbonyl (C=O) groups is 1. The van der Waals surface area contributed by atoms with Crippen molar-refractivity contribution in [2.45, 2.75) is 12.6 Å². The van der Waals surface area contributed by atoms with E-state index in [2.05, 4.69) is 20.6 Å². The van der Waals surface area contributed by atoms with E-state index in [9.17, 15) is 9.18 Å². The summed E-state index contributed by atoms with van der Waals surface area (Å²) in [6, 6.07) is 20.9. The predicted molar refractivity (Wildman–Crippen MR) is 167 cm³/mol. The molecule has 43 heavy (non-hydrogen) atoms. The summed E-state index contributed by atoms with van der Waals surface area (Å²) in [7, 11) is 3.87. The van der Waals surface area contributed by atoms with E-state index in [1.165, 1.54) is 24.5 Å². The third-order valence-corrected chi connectivity index (χ3v) is 6.83. The van der Waals surface area contributed by atoms with Gasteiger partial charge in [0.25, 0.3) is 0 Å². The van der Waals surface area contributed by atoms with Crippen molar-refractivity contribution < 1.29 is 18.3 Å². The molecule has 1 amide bonds. The molecule has 0 bridgehead atoms. The van der Waals surface area contributed by atoms with Crippen molar-refractivity contribution in [1.29, 1.82) is 0 Å². The van der Waals surface area contributed by atoms with Crippen LogP contribution in [-0.4, -0.2) is 48.0 Å². The Morgan fingerprint density at radius 1 is 1.09 bits per heavy atom. The Morgan fingerprint density at radius 2 is 1.91 bits per heavy atom. The Bertz CT molecular complexity index is 1720. The Kier molecular flexibility index (Phi) is 9.78. The SMILES string of the molecule is CN(C)C/C=C/C(=O)Nc1cccc(-c2coc3ncnc(N[C@H](COCc4cccc(F)c4)c4ccc(Cl)cc4)c23)c1. The topological polar surface area (TPSA) is 92.5 Å². The van der Waals surface area contributed by atoms with E-state index in [1.54, 1.807) is 18.4 Å². The van der Waals surface area contributed by atoms with Crippen molar-refractivity contribution in [3.05, 3.63) is 120 Å². The van der Waals surface area contributed by atoms with E-state index < -0.39 is 0 Å².